The second-order valence-corrected chi connectivity index (χ2v) is 8.91. The molecular formula is C23H26F3N7O. The number of nitrogens with zero attached hydrogens (tertiary/aromatic N) is 6. The summed E-state index contributed by atoms with van der Waals surface area (Å²) in [6.45, 7) is 2.67. The molecule has 1 atom stereocenters. The van der Waals surface area contributed by atoms with Crippen LogP contribution in [-0.4, -0.2) is 43.0 Å². The minimum absolute atomic E-state index is 0.102. The number of hydrogen-bond donors (Lipinski definition) is 1. The van der Waals surface area contributed by atoms with Gasteiger partial charge in [0.05, 0.1) is 11.9 Å². The summed E-state index contributed by atoms with van der Waals surface area (Å²) >= 11 is 0. The van der Waals surface area contributed by atoms with Gasteiger partial charge < -0.3 is 4.90 Å². The molecule has 1 aromatic carbocycles. The van der Waals surface area contributed by atoms with Crippen LogP contribution in [0.5, 0.6) is 0 Å². The number of hydrazine groups is 1. The number of benzene rings is 1. The zero-order valence-corrected chi connectivity index (χ0v) is 18.8. The fourth-order valence-electron chi connectivity index (χ4n) is 4.56. The molecule has 0 spiro atoms. The molecule has 1 amide bonds. The third kappa shape index (κ3) is 4.56. The summed E-state index contributed by atoms with van der Waals surface area (Å²) in [5, 5.41) is 1.93. The first-order valence-corrected chi connectivity index (χ1v) is 11.5. The maximum Gasteiger partial charge on any atom is 0.416 e. The Morgan fingerprint density at radius 3 is 2.56 bits per heavy atom. The highest BCUT2D eigenvalue weighted by atomic mass is 19.4. The van der Waals surface area contributed by atoms with Crippen LogP contribution in [0.15, 0.2) is 36.9 Å². The maximum absolute atomic E-state index is 12.9. The van der Waals surface area contributed by atoms with Crippen molar-refractivity contribution in [3.63, 3.8) is 0 Å². The van der Waals surface area contributed by atoms with E-state index in [1.54, 1.807) is 6.33 Å². The zero-order chi connectivity index (χ0) is 23.9. The monoisotopic (exact) mass is 473 g/mol. The van der Waals surface area contributed by atoms with Crippen LogP contribution in [0.3, 0.4) is 0 Å². The molecular weight excluding hydrogens is 447 g/mol. The molecule has 1 N–H and O–H groups in total. The first-order valence-electron chi connectivity index (χ1n) is 11.5. The Kier molecular flexibility index (Phi) is 5.88. The third-order valence-corrected chi connectivity index (χ3v) is 6.33. The van der Waals surface area contributed by atoms with E-state index in [0.717, 1.165) is 56.3 Å². The fraction of sp³-hybridized carbons (Fsp3) is 0.478. The normalized spacial score (nSPS) is 19.4. The SMILES string of the molecule is CC(=O)NN1CCCCC1n1cnc2c(N(Cc3ccc(C(F)(F)F)cc3)C3CC3)ncnc21. The number of imidazole rings is 1. The summed E-state index contributed by atoms with van der Waals surface area (Å²) in [7, 11) is 0. The molecule has 1 aliphatic heterocycles. The van der Waals surface area contributed by atoms with Crippen molar-refractivity contribution in [2.75, 3.05) is 11.4 Å². The van der Waals surface area contributed by atoms with E-state index in [0.29, 0.717) is 23.5 Å². The second-order valence-electron chi connectivity index (χ2n) is 8.91. The van der Waals surface area contributed by atoms with Crippen molar-refractivity contribution in [3.8, 4) is 0 Å². The first-order chi connectivity index (χ1) is 16.3. The molecule has 0 bridgehead atoms. The molecule has 11 heteroatoms. The van der Waals surface area contributed by atoms with Crippen molar-refractivity contribution in [3.05, 3.63) is 48.0 Å². The van der Waals surface area contributed by atoms with Crippen LogP contribution in [-0.2, 0) is 17.5 Å². The average molecular weight is 474 g/mol. The smallest absolute Gasteiger partial charge is 0.347 e. The molecule has 2 aromatic heterocycles. The first kappa shape index (κ1) is 22.6. The Morgan fingerprint density at radius 1 is 1.12 bits per heavy atom. The van der Waals surface area contributed by atoms with Crippen molar-refractivity contribution in [1.29, 1.82) is 0 Å². The van der Waals surface area contributed by atoms with Crippen LogP contribution >= 0.6 is 0 Å². The van der Waals surface area contributed by atoms with Gasteiger partial charge in [0.25, 0.3) is 0 Å². The van der Waals surface area contributed by atoms with Gasteiger partial charge in [-0.3, -0.25) is 14.8 Å². The number of halogens is 3. The van der Waals surface area contributed by atoms with Crippen LogP contribution < -0.4 is 10.3 Å². The number of carbonyl (C=O) groups excluding carboxylic acids is 1. The van der Waals surface area contributed by atoms with Crippen molar-refractivity contribution in [2.24, 2.45) is 0 Å². The molecule has 34 heavy (non-hydrogen) atoms. The number of alkyl halides is 3. The number of nitrogens with one attached hydrogen (secondary N) is 1. The van der Waals surface area contributed by atoms with E-state index < -0.39 is 11.7 Å². The quantitative estimate of drug-likeness (QED) is 0.582. The van der Waals surface area contributed by atoms with Crippen molar-refractivity contribution < 1.29 is 18.0 Å². The second kappa shape index (κ2) is 8.86. The number of carbonyl (C=O) groups is 1. The number of rotatable bonds is 6. The van der Waals surface area contributed by atoms with Gasteiger partial charge in [-0.25, -0.2) is 15.0 Å². The highest BCUT2D eigenvalue weighted by Gasteiger charge is 2.34. The summed E-state index contributed by atoms with van der Waals surface area (Å²) in [6.07, 6.45) is 3.63. The highest BCUT2D eigenvalue weighted by Crippen LogP contribution is 2.36. The van der Waals surface area contributed by atoms with E-state index in [1.165, 1.54) is 25.4 Å². The molecule has 1 saturated heterocycles. The van der Waals surface area contributed by atoms with Gasteiger partial charge in [0.1, 0.15) is 12.5 Å². The number of anilines is 1. The molecule has 8 nitrogen and oxygen atoms in total. The molecule has 3 heterocycles. The van der Waals surface area contributed by atoms with Crippen LogP contribution in [0.1, 0.15) is 56.3 Å². The van der Waals surface area contributed by atoms with Crippen LogP contribution in [0.2, 0.25) is 0 Å². The molecule has 1 aliphatic carbocycles. The lowest BCUT2D eigenvalue weighted by molar-refractivity contribution is -0.137. The van der Waals surface area contributed by atoms with Crippen LogP contribution in [0, 0.1) is 0 Å². The molecule has 2 fully saturated rings. The Bertz CT molecular complexity index is 1170. The topological polar surface area (TPSA) is 79.2 Å². The molecule has 3 aromatic rings. The van der Waals surface area contributed by atoms with Gasteiger partial charge in [-0.2, -0.15) is 18.2 Å². The number of hydrogen-bond acceptors (Lipinski definition) is 6. The van der Waals surface area contributed by atoms with Crippen LogP contribution in [0.25, 0.3) is 11.2 Å². The van der Waals surface area contributed by atoms with Crippen molar-refractivity contribution >= 4 is 22.9 Å². The van der Waals surface area contributed by atoms with Gasteiger partial charge in [-0.15, -0.1) is 0 Å². The molecule has 1 saturated carbocycles. The van der Waals surface area contributed by atoms with Crippen molar-refractivity contribution in [1.82, 2.24) is 30.0 Å². The van der Waals surface area contributed by atoms with Gasteiger partial charge in [-0.1, -0.05) is 12.1 Å². The predicted octanol–water partition coefficient (Wildman–Crippen LogP) is 4.05. The van der Waals surface area contributed by atoms with E-state index in [4.69, 9.17) is 0 Å². The number of amides is 1. The summed E-state index contributed by atoms with van der Waals surface area (Å²) in [5.41, 5.74) is 4.34. The average Bonchev–Trinajstić information content (AvgIpc) is 3.55. The van der Waals surface area contributed by atoms with Crippen molar-refractivity contribution in [2.45, 2.75) is 64.0 Å². The number of aromatic nitrogens is 4. The molecule has 180 valence electrons. The largest absolute Gasteiger partial charge is 0.416 e. The molecule has 0 radical (unpaired) electrons. The summed E-state index contributed by atoms with van der Waals surface area (Å²) in [6, 6.07) is 5.52. The Hall–Kier alpha value is -3.21. The Morgan fingerprint density at radius 2 is 1.88 bits per heavy atom. The van der Waals surface area contributed by atoms with E-state index in [9.17, 15) is 18.0 Å². The zero-order valence-electron chi connectivity index (χ0n) is 18.8. The van der Waals surface area contributed by atoms with Gasteiger partial charge in [0, 0.05) is 26.1 Å². The van der Waals surface area contributed by atoms with Crippen LogP contribution in [0.4, 0.5) is 19.0 Å². The van der Waals surface area contributed by atoms with E-state index in [-0.39, 0.29) is 18.1 Å². The molecule has 2 aliphatic rings. The van der Waals surface area contributed by atoms with E-state index >= 15 is 0 Å². The van der Waals surface area contributed by atoms with Gasteiger partial charge >= 0.3 is 6.18 Å². The lowest BCUT2D eigenvalue weighted by Gasteiger charge is -2.36. The summed E-state index contributed by atoms with van der Waals surface area (Å²) in [4.78, 5) is 27.5. The minimum Gasteiger partial charge on any atom is -0.347 e. The van der Waals surface area contributed by atoms with E-state index in [1.807, 2.05) is 9.58 Å². The number of piperidine rings is 1. The lowest BCUT2D eigenvalue weighted by atomic mass is 10.1. The molecule has 1 unspecified atom stereocenters. The molecule has 5 rings (SSSR count). The highest BCUT2D eigenvalue weighted by molar-refractivity contribution is 5.83. The Balaban J connectivity index is 1.46. The lowest BCUT2D eigenvalue weighted by Crippen LogP contribution is -2.47. The van der Waals surface area contributed by atoms with E-state index in [2.05, 4.69) is 25.3 Å². The Labute approximate surface area is 194 Å². The fourth-order valence-corrected chi connectivity index (χ4v) is 4.56. The summed E-state index contributed by atoms with van der Waals surface area (Å²) < 4.78 is 40.8. The predicted molar refractivity (Wildman–Crippen MR) is 119 cm³/mol. The van der Waals surface area contributed by atoms with Gasteiger partial charge in [-0.05, 0) is 49.8 Å². The third-order valence-electron chi connectivity index (χ3n) is 6.33. The standard InChI is InChI=1S/C23H26F3N7O/c1-15(34)30-33-11-3-2-4-19(33)32-14-29-20-21(27-13-28-22(20)32)31(18-9-10-18)12-16-5-7-17(8-6-16)23(24,25)26/h5-8,13-14,18-19H,2-4,9-12H2,1H3,(H,30,34). The maximum atomic E-state index is 12.9. The number of fused-ring (bicyclic) bond motifs is 1. The van der Waals surface area contributed by atoms with Gasteiger partial charge in [0.15, 0.2) is 17.0 Å². The van der Waals surface area contributed by atoms with Gasteiger partial charge in [0.2, 0.25) is 5.91 Å². The summed E-state index contributed by atoms with van der Waals surface area (Å²) in [5.74, 6) is 0.552. The minimum atomic E-state index is -4.36.